The van der Waals surface area contributed by atoms with Gasteiger partial charge in [-0.15, -0.1) is 0 Å². The van der Waals surface area contributed by atoms with E-state index in [1.165, 1.54) is 12.1 Å². The quantitative estimate of drug-likeness (QED) is 0.243. The summed E-state index contributed by atoms with van der Waals surface area (Å²) in [5, 5.41) is 13.8. The first kappa shape index (κ1) is 14.0. The van der Waals surface area contributed by atoms with Crippen LogP contribution in [-0.4, -0.2) is 23.5 Å². The minimum Gasteiger partial charge on any atom is -0.409 e. The number of nitrogens with two attached hydrogens (primary N) is 1. The Balaban J connectivity index is 2.48. The standard InChI is InChI=1S/C12H16FN3O2/c1-8-4-5-9(13)7-10(8)12(17)15-6-2-3-11(14)16-18/h4-5,7,18H,2-3,6H2,1H3,(H2,14,16)(H,15,17). The molecule has 6 heteroatoms. The highest BCUT2D eigenvalue weighted by Gasteiger charge is 2.09. The van der Waals surface area contributed by atoms with Crippen LogP contribution >= 0.6 is 0 Å². The fourth-order valence-electron chi connectivity index (χ4n) is 1.46. The Morgan fingerprint density at radius 1 is 1.56 bits per heavy atom. The first-order valence-electron chi connectivity index (χ1n) is 5.55. The average molecular weight is 253 g/mol. The van der Waals surface area contributed by atoms with Crippen LogP contribution in [0.2, 0.25) is 0 Å². The largest absolute Gasteiger partial charge is 0.409 e. The van der Waals surface area contributed by atoms with Crippen molar-refractivity contribution in [1.82, 2.24) is 5.32 Å². The molecule has 0 saturated carbocycles. The maximum Gasteiger partial charge on any atom is 0.251 e. The van der Waals surface area contributed by atoms with Gasteiger partial charge in [-0.05, 0) is 31.0 Å². The van der Waals surface area contributed by atoms with E-state index in [0.717, 1.165) is 0 Å². The molecule has 0 saturated heterocycles. The highest BCUT2D eigenvalue weighted by molar-refractivity contribution is 5.95. The minimum atomic E-state index is -0.442. The van der Waals surface area contributed by atoms with E-state index in [1.807, 2.05) is 0 Å². The second-order valence-corrected chi connectivity index (χ2v) is 3.91. The number of amides is 1. The van der Waals surface area contributed by atoms with Crippen molar-refractivity contribution in [2.45, 2.75) is 19.8 Å². The Morgan fingerprint density at radius 2 is 2.28 bits per heavy atom. The number of hydrogen-bond acceptors (Lipinski definition) is 3. The first-order chi connectivity index (χ1) is 8.54. The third-order valence-corrected chi connectivity index (χ3v) is 2.47. The van der Waals surface area contributed by atoms with E-state index in [9.17, 15) is 9.18 Å². The molecule has 98 valence electrons. The van der Waals surface area contributed by atoms with Gasteiger partial charge in [0.05, 0.1) is 0 Å². The number of carbonyl (C=O) groups excluding carboxylic acids is 1. The van der Waals surface area contributed by atoms with E-state index < -0.39 is 5.82 Å². The van der Waals surface area contributed by atoms with Crippen LogP contribution in [0.3, 0.4) is 0 Å². The van der Waals surface area contributed by atoms with Crippen LogP contribution in [0.1, 0.15) is 28.8 Å². The molecule has 0 aliphatic heterocycles. The maximum absolute atomic E-state index is 13.0. The van der Waals surface area contributed by atoms with Crippen molar-refractivity contribution in [3.63, 3.8) is 0 Å². The summed E-state index contributed by atoms with van der Waals surface area (Å²) in [4.78, 5) is 11.7. The van der Waals surface area contributed by atoms with Crippen molar-refractivity contribution in [3.8, 4) is 0 Å². The second kappa shape index (κ2) is 6.58. The molecule has 0 radical (unpaired) electrons. The zero-order valence-corrected chi connectivity index (χ0v) is 10.1. The van der Waals surface area contributed by atoms with Crippen LogP contribution in [0.15, 0.2) is 23.4 Å². The zero-order valence-electron chi connectivity index (χ0n) is 10.1. The van der Waals surface area contributed by atoms with Crippen LogP contribution < -0.4 is 11.1 Å². The number of nitrogens with zero attached hydrogens (tertiary/aromatic N) is 1. The number of halogens is 1. The highest BCUT2D eigenvalue weighted by atomic mass is 19.1. The van der Waals surface area contributed by atoms with Gasteiger partial charge in [0.15, 0.2) is 0 Å². The van der Waals surface area contributed by atoms with Gasteiger partial charge in [0, 0.05) is 18.5 Å². The molecule has 0 bridgehead atoms. The molecule has 0 spiro atoms. The summed E-state index contributed by atoms with van der Waals surface area (Å²) in [5.74, 6) is -0.653. The number of benzene rings is 1. The fraction of sp³-hybridized carbons (Fsp3) is 0.333. The lowest BCUT2D eigenvalue weighted by atomic mass is 10.1. The van der Waals surface area contributed by atoms with Gasteiger partial charge in [-0.3, -0.25) is 4.79 Å². The van der Waals surface area contributed by atoms with E-state index in [1.54, 1.807) is 13.0 Å². The number of nitrogens with one attached hydrogen (secondary N) is 1. The van der Waals surface area contributed by atoms with Crippen molar-refractivity contribution < 1.29 is 14.4 Å². The summed E-state index contributed by atoms with van der Waals surface area (Å²) >= 11 is 0. The lowest BCUT2D eigenvalue weighted by Crippen LogP contribution is -2.26. The summed E-state index contributed by atoms with van der Waals surface area (Å²) in [5.41, 5.74) is 6.31. The van der Waals surface area contributed by atoms with Crippen molar-refractivity contribution in [2.75, 3.05) is 6.54 Å². The van der Waals surface area contributed by atoms with Crippen molar-refractivity contribution in [1.29, 1.82) is 0 Å². The molecule has 18 heavy (non-hydrogen) atoms. The molecule has 0 heterocycles. The Morgan fingerprint density at radius 3 is 2.94 bits per heavy atom. The van der Waals surface area contributed by atoms with Gasteiger partial charge in [-0.1, -0.05) is 11.2 Å². The molecule has 0 aliphatic carbocycles. The average Bonchev–Trinajstić information content (AvgIpc) is 2.36. The molecular formula is C12H16FN3O2. The first-order valence-corrected chi connectivity index (χ1v) is 5.55. The predicted molar refractivity (Wildman–Crippen MR) is 66.1 cm³/mol. The van der Waals surface area contributed by atoms with Crippen LogP contribution in [0, 0.1) is 12.7 Å². The number of carbonyl (C=O) groups is 1. The predicted octanol–water partition coefficient (Wildman–Crippen LogP) is 1.39. The third-order valence-electron chi connectivity index (χ3n) is 2.47. The molecule has 0 atom stereocenters. The monoisotopic (exact) mass is 253 g/mol. The van der Waals surface area contributed by atoms with Crippen molar-refractivity contribution in [2.24, 2.45) is 10.9 Å². The molecule has 1 aromatic rings. The van der Waals surface area contributed by atoms with Gasteiger partial charge < -0.3 is 16.3 Å². The minimum absolute atomic E-state index is 0.117. The molecule has 1 amide bonds. The molecule has 1 rings (SSSR count). The van der Waals surface area contributed by atoms with Crippen LogP contribution in [0.4, 0.5) is 4.39 Å². The summed E-state index contributed by atoms with van der Waals surface area (Å²) in [6.07, 6.45) is 0.939. The van der Waals surface area contributed by atoms with Gasteiger partial charge in [0.1, 0.15) is 11.7 Å². The van der Waals surface area contributed by atoms with Gasteiger partial charge in [0.2, 0.25) is 0 Å². The normalized spacial score (nSPS) is 11.3. The van der Waals surface area contributed by atoms with Crippen molar-refractivity contribution >= 4 is 11.7 Å². The van der Waals surface area contributed by atoms with Gasteiger partial charge >= 0.3 is 0 Å². The van der Waals surface area contributed by atoms with E-state index >= 15 is 0 Å². The second-order valence-electron chi connectivity index (χ2n) is 3.91. The summed E-state index contributed by atoms with van der Waals surface area (Å²) in [6.45, 7) is 2.12. The maximum atomic E-state index is 13.0. The van der Waals surface area contributed by atoms with Crippen LogP contribution in [-0.2, 0) is 0 Å². The van der Waals surface area contributed by atoms with E-state index in [2.05, 4.69) is 10.5 Å². The summed E-state index contributed by atoms with van der Waals surface area (Å²) < 4.78 is 13.0. The number of amidine groups is 1. The molecule has 4 N–H and O–H groups in total. The molecule has 0 aliphatic rings. The molecule has 1 aromatic carbocycles. The lowest BCUT2D eigenvalue weighted by Gasteiger charge is -2.07. The van der Waals surface area contributed by atoms with E-state index in [4.69, 9.17) is 10.9 Å². The molecule has 0 unspecified atom stereocenters. The number of aryl methyl sites for hydroxylation is 1. The van der Waals surface area contributed by atoms with Gasteiger partial charge in [-0.25, -0.2) is 4.39 Å². The SMILES string of the molecule is Cc1ccc(F)cc1C(=O)NCCC/C(N)=N/O. The van der Waals surface area contributed by atoms with Gasteiger partial charge in [0.25, 0.3) is 5.91 Å². The van der Waals surface area contributed by atoms with E-state index in [-0.39, 0.29) is 11.7 Å². The summed E-state index contributed by atoms with van der Waals surface area (Å²) in [6, 6.07) is 4.07. The number of oxime groups is 1. The van der Waals surface area contributed by atoms with Crippen molar-refractivity contribution in [3.05, 3.63) is 35.1 Å². The third kappa shape index (κ3) is 4.04. The lowest BCUT2D eigenvalue weighted by molar-refractivity contribution is 0.0952. The molecular weight excluding hydrogens is 237 g/mol. The number of rotatable bonds is 5. The Bertz CT molecular complexity index is 461. The Hall–Kier alpha value is -2.11. The van der Waals surface area contributed by atoms with E-state index in [0.29, 0.717) is 30.5 Å². The topological polar surface area (TPSA) is 87.7 Å². The van der Waals surface area contributed by atoms with Gasteiger partial charge in [-0.2, -0.15) is 0 Å². The smallest absolute Gasteiger partial charge is 0.251 e. The molecule has 0 fully saturated rings. The molecule has 5 nitrogen and oxygen atoms in total. The fourth-order valence-corrected chi connectivity index (χ4v) is 1.46. The Labute approximate surface area is 104 Å². The molecule has 0 aromatic heterocycles. The van der Waals surface area contributed by atoms with Crippen LogP contribution in [0.5, 0.6) is 0 Å². The summed E-state index contributed by atoms with van der Waals surface area (Å²) in [7, 11) is 0. The Kier molecular flexibility index (Phi) is 5.10. The zero-order chi connectivity index (χ0) is 13.5. The highest BCUT2D eigenvalue weighted by Crippen LogP contribution is 2.09. The number of hydrogen-bond donors (Lipinski definition) is 3. The van der Waals surface area contributed by atoms with Crippen LogP contribution in [0.25, 0.3) is 0 Å².